The molecule has 0 saturated heterocycles. The number of nitrogens with zero attached hydrogens (tertiary/aromatic N) is 2. The van der Waals surface area contributed by atoms with Crippen molar-refractivity contribution in [3.05, 3.63) is 41.0 Å². The zero-order valence-electron chi connectivity index (χ0n) is 11.5. The summed E-state index contributed by atoms with van der Waals surface area (Å²) >= 11 is 5.88. The zero-order chi connectivity index (χ0) is 14.5. The number of rotatable bonds is 5. The minimum absolute atomic E-state index is 0.0565. The summed E-state index contributed by atoms with van der Waals surface area (Å²) in [5.74, 6) is -0.0565. The Bertz CT molecular complexity index is 579. The van der Waals surface area contributed by atoms with Crippen LogP contribution in [-0.2, 0) is 0 Å². The first-order valence-corrected chi connectivity index (χ1v) is 6.70. The average molecular weight is 293 g/mol. The lowest BCUT2D eigenvalue weighted by atomic mass is 10.1. The molecule has 0 aliphatic heterocycles. The van der Waals surface area contributed by atoms with E-state index in [-0.39, 0.29) is 5.91 Å². The lowest BCUT2D eigenvalue weighted by molar-refractivity contribution is 0.0797. The van der Waals surface area contributed by atoms with Gasteiger partial charge < -0.3 is 10.2 Å². The molecule has 0 fully saturated rings. The van der Waals surface area contributed by atoms with Crippen LogP contribution in [0.4, 0.5) is 0 Å². The Hall–Kier alpha value is -1.85. The number of halogens is 1. The second-order valence-electron chi connectivity index (χ2n) is 4.50. The molecule has 0 aliphatic carbocycles. The molecule has 0 unspecified atom stereocenters. The van der Waals surface area contributed by atoms with Gasteiger partial charge in [-0.05, 0) is 19.2 Å². The van der Waals surface area contributed by atoms with Crippen molar-refractivity contribution in [2.24, 2.45) is 0 Å². The molecule has 6 heteroatoms. The van der Waals surface area contributed by atoms with Gasteiger partial charge >= 0.3 is 0 Å². The summed E-state index contributed by atoms with van der Waals surface area (Å²) in [5, 5.41) is 10.5. The molecule has 0 aliphatic rings. The summed E-state index contributed by atoms with van der Waals surface area (Å²) in [6.07, 6.45) is 1.56. The van der Waals surface area contributed by atoms with E-state index in [1.807, 2.05) is 19.2 Å². The van der Waals surface area contributed by atoms with Gasteiger partial charge in [-0.15, -0.1) is 0 Å². The first-order chi connectivity index (χ1) is 9.63. The molecule has 106 valence electrons. The Morgan fingerprint density at radius 2 is 2.10 bits per heavy atom. The molecular weight excluding hydrogens is 276 g/mol. The number of benzene rings is 1. The number of hydrogen-bond donors (Lipinski definition) is 2. The molecule has 0 radical (unpaired) electrons. The van der Waals surface area contributed by atoms with Crippen LogP contribution in [0.25, 0.3) is 11.3 Å². The van der Waals surface area contributed by atoms with Gasteiger partial charge in [0, 0.05) is 30.7 Å². The fourth-order valence-electron chi connectivity index (χ4n) is 1.87. The molecule has 0 spiro atoms. The van der Waals surface area contributed by atoms with E-state index in [0.29, 0.717) is 22.8 Å². The molecule has 2 rings (SSSR count). The number of aromatic nitrogens is 2. The van der Waals surface area contributed by atoms with Gasteiger partial charge in [0.15, 0.2) is 0 Å². The highest BCUT2D eigenvalue weighted by molar-refractivity contribution is 6.30. The number of nitrogens with one attached hydrogen (secondary N) is 2. The van der Waals surface area contributed by atoms with Crippen molar-refractivity contribution < 1.29 is 4.79 Å². The Morgan fingerprint density at radius 3 is 2.75 bits per heavy atom. The molecular formula is C14H17ClN4O. The number of carbonyl (C=O) groups is 1. The van der Waals surface area contributed by atoms with Crippen LogP contribution in [-0.4, -0.2) is 48.2 Å². The Morgan fingerprint density at radius 1 is 1.40 bits per heavy atom. The third kappa shape index (κ3) is 3.18. The summed E-state index contributed by atoms with van der Waals surface area (Å²) in [4.78, 5) is 14.1. The van der Waals surface area contributed by atoms with Crippen LogP contribution < -0.4 is 5.32 Å². The summed E-state index contributed by atoms with van der Waals surface area (Å²) in [5.41, 5.74) is 2.16. The maximum absolute atomic E-state index is 12.4. The van der Waals surface area contributed by atoms with Crippen molar-refractivity contribution in [3.63, 3.8) is 0 Å². The molecule has 0 bridgehead atoms. The van der Waals surface area contributed by atoms with Gasteiger partial charge in [0.1, 0.15) is 0 Å². The van der Waals surface area contributed by atoms with Crippen molar-refractivity contribution in [2.45, 2.75) is 0 Å². The average Bonchev–Trinajstić information content (AvgIpc) is 2.94. The van der Waals surface area contributed by atoms with Gasteiger partial charge in [0.25, 0.3) is 5.91 Å². The van der Waals surface area contributed by atoms with Crippen LogP contribution in [0.1, 0.15) is 10.4 Å². The fraction of sp³-hybridized carbons (Fsp3) is 0.286. The number of H-pyrrole nitrogens is 1. The van der Waals surface area contributed by atoms with E-state index in [2.05, 4.69) is 15.5 Å². The van der Waals surface area contributed by atoms with Crippen molar-refractivity contribution in [3.8, 4) is 11.3 Å². The predicted octanol–water partition coefficient (Wildman–Crippen LogP) is 2.02. The van der Waals surface area contributed by atoms with Crippen molar-refractivity contribution >= 4 is 17.5 Å². The third-order valence-corrected chi connectivity index (χ3v) is 3.30. The minimum Gasteiger partial charge on any atom is -0.340 e. The van der Waals surface area contributed by atoms with Crippen LogP contribution >= 0.6 is 11.6 Å². The van der Waals surface area contributed by atoms with Gasteiger partial charge in [-0.25, -0.2) is 0 Å². The molecule has 20 heavy (non-hydrogen) atoms. The monoisotopic (exact) mass is 292 g/mol. The van der Waals surface area contributed by atoms with Crippen molar-refractivity contribution in [1.82, 2.24) is 20.4 Å². The number of amides is 1. The van der Waals surface area contributed by atoms with E-state index in [0.717, 1.165) is 12.1 Å². The predicted molar refractivity (Wildman–Crippen MR) is 79.9 cm³/mol. The Labute approximate surface area is 122 Å². The number of hydrogen-bond acceptors (Lipinski definition) is 3. The number of aromatic amines is 1. The van der Waals surface area contributed by atoms with Crippen molar-refractivity contribution in [1.29, 1.82) is 0 Å². The quantitative estimate of drug-likeness (QED) is 0.886. The van der Waals surface area contributed by atoms with E-state index in [4.69, 9.17) is 11.6 Å². The smallest absolute Gasteiger partial charge is 0.257 e. The lowest BCUT2D eigenvalue weighted by Crippen LogP contribution is -2.32. The molecule has 1 heterocycles. The summed E-state index contributed by atoms with van der Waals surface area (Å²) in [6, 6.07) is 7.30. The summed E-state index contributed by atoms with van der Waals surface area (Å²) in [7, 11) is 3.63. The maximum atomic E-state index is 12.4. The van der Waals surface area contributed by atoms with Crippen LogP contribution in [0.15, 0.2) is 30.5 Å². The summed E-state index contributed by atoms with van der Waals surface area (Å²) < 4.78 is 0. The van der Waals surface area contributed by atoms with Gasteiger partial charge in [-0.3, -0.25) is 9.89 Å². The molecule has 5 nitrogen and oxygen atoms in total. The summed E-state index contributed by atoms with van der Waals surface area (Å²) in [6.45, 7) is 1.39. The molecule has 0 saturated carbocycles. The zero-order valence-corrected chi connectivity index (χ0v) is 12.2. The standard InChI is InChI=1S/C14H17ClN4O/c1-16-7-8-19(2)14(20)12-9-17-18-13(12)10-3-5-11(15)6-4-10/h3-6,9,16H,7-8H2,1-2H3,(H,17,18). The van der Waals surface area contributed by atoms with E-state index in [1.54, 1.807) is 30.3 Å². The van der Waals surface area contributed by atoms with Crippen LogP contribution in [0.2, 0.25) is 5.02 Å². The second kappa shape index (κ2) is 6.54. The topological polar surface area (TPSA) is 61.0 Å². The normalized spacial score (nSPS) is 10.6. The van der Waals surface area contributed by atoms with Gasteiger partial charge in [0.2, 0.25) is 0 Å². The highest BCUT2D eigenvalue weighted by atomic mass is 35.5. The Kier molecular flexibility index (Phi) is 4.76. The van der Waals surface area contributed by atoms with Crippen LogP contribution in [0.3, 0.4) is 0 Å². The minimum atomic E-state index is -0.0565. The first kappa shape index (κ1) is 14.6. The van der Waals surface area contributed by atoms with E-state index in [9.17, 15) is 4.79 Å². The second-order valence-corrected chi connectivity index (χ2v) is 4.93. The third-order valence-electron chi connectivity index (χ3n) is 3.05. The fourth-order valence-corrected chi connectivity index (χ4v) is 2.00. The number of carbonyl (C=O) groups excluding carboxylic acids is 1. The lowest BCUT2D eigenvalue weighted by Gasteiger charge is -2.16. The van der Waals surface area contributed by atoms with Gasteiger partial charge in [-0.2, -0.15) is 5.10 Å². The largest absolute Gasteiger partial charge is 0.340 e. The first-order valence-electron chi connectivity index (χ1n) is 6.33. The van der Waals surface area contributed by atoms with Crippen molar-refractivity contribution in [2.75, 3.05) is 27.2 Å². The molecule has 1 aromatic carbocycles. The molecule has 2 aromatic rings. The highest BCUT2D eigenvalue weighted by Gasteiger charge is 2.18. The van der Waals surface area contributed by atoms with E-state index < -0.39 is 0 Å². The highest BCUT2D eigenvalue weighted by Crippen LogP contribution is 2.23. The van der Waals surface area contributed by atoms with Crippen LogP contribution in [0, 0.1) is 0 Å². The SMILES string of the molecule is CNCCN(C)C(=O)c1cn[nH]c1-c1ccc(Cl)cc1. The Balaban J connectivity index is 2.24. The van der Waals surface area contributed by atoms with Gasteiger partial charge in [-0.1, -0.05) is 23.7 Å². The number of likely N-dealkylation sites (N-methyl/N-ethyl adjacent to an activating group) is 2. The molecule has 1 amide bonds. The van der Waals surface area contributed by atoms with Gasteiger partial charge in [0.05, 0.1) is 17.5 Å². The molecule has 1 aromatic heterocycles. The molecule has 2 N–H and O–H groups in total. The molecule has 0 atom stereocenters. The van der Waals surface area contributed by atoms with E-state index >= 15 is 0 Å². The van der Waals surface area contributed by atoms with Crippen LogP contribution in [0.5, 0.6) is 0 Å². The van der Waals surface area contributed by atoms with E-state index in [1.165, 1.54) is 0 Å². The maximum Gasteiger partial charge on any atom is 0.257 e.